The molecule has 190 valence electrons. The first-order valence-electron chi connectivity index (χ1n) is 12.2. The summed E-state index contributed by atoms with van der Waals surface area (Å²) < 4.78 is 41.4. The topological polar surface area (TPSA) is 82.9 Å². The number of aromatic amines is 1. The van der Waals surface area contributed by atoms with Crippen LogP contribution in [0.25, 0.3) is 22.2 Å². The van der Waals surface area contributed by atoms with E-state index in [2.05, 4.69) is 21.7 Å². The fourth-order valence-corrected chi connectivity index (χ4v) is 6.25. The number of hydrogen-bond donors (Lipinski definition) is 4. The van der Waals surface area contributed by atoms with Gasteiger partial charge in [0.1, 0.15) is 0 Å². The van der Waals surface area contributed by atoms with Crippen LogP contribution >= 0.6 is 11.8 Å². The first-order valence-corrected chi connectivity index (χ1v) is 13.0. The van der Waals surface area contributed by atoms with E-state index in [1.165, 1.54) is 11.8 Å². The number of rotatable bonds is 3. The fraction of sp³-hybridized carbons (Fsp3) is 0.250. The summed E-state index contributed by atoms with van der Waals surface area (Å²) in [6.45, 7) is 0. The summed E-state index contributed by atoms with van der Waals surface area (Å²) in [5, 5.41) is 7.14. The summed E-state index contributed by atoms with van der Waals surface area (Å²) in [7, 11) is 0. The Kier molecular flexibility index (Phi) is 5.92. The number of carbonyl (C=O) groups excluding carboxylic acids is 1. The number of halogens is 3. The number of aromatic nitrogens is 1. The predicted molar refractivity (Wildman–Crippen MR) is 141 cm³/mol. The van der Waals surface area contributed by atoms with Crippen LogP contribution in [-0.2, 0) is 11.0 Å². The molecule has 0 bridgehead atoms. The molecule has 6 rings (SSSR count). The van der Waals surface area contributed by atoms with Gasteiger partial charge in [-0.2, -0.15) is 13.2 Å². The molecule has 9 heteroatoms. The summed E-state index contributed by atoms with van der Waals surface area (Å²) >= 11 is 1.26. The minimum absolute atomic E-state index is 0.0630. The molecule has 1 fully saturated rings. The fourth-order valence-electron chi connectivity index (χ4n) is 5.15. The van der Waals surface area contributed by atoms with Crippen LogP contribution < -0.4 is 16.4 Å². The molecule has 3 aromatic carbocycles. The van der Waals surface area contributed by atoms with Gasteiger partial charge in [-0.1, -0.05) is 42.4 Å². The van der Waals surface area contributed by atoms with Gasteiger partial charge in [0, 0.05) is 38.3 Å². The highest BCUT2D eigenvalue weighted by Crippen LogP contribution is 2.50. The third kappa shape index (κ3) is 4.69. The Morgan fingerprint density at radius 1 is 1.03 bits per heavy atom. The van der Waals surface area contributed by atoms with Crippen LogP contribution in [0.4, 0.5) is 30.2 Å². The molecule has 2 atom stereocenters. The van der Waals surface area contributed by atoms with E-state index in [1.54, 1.807) is 0 Å². The van der Waals surface area contributed by atoms with Crippen molar-refractivity contribution in [1.82, 2.24) is 4.98 Å². The molecule has 0 saturated heterocycles. The van der Waals surface area contributed by atoms with E-state index in [4.69, 9.17) is 5.73 Å². The lowest BCUT2D eigenvalue weighted by molar-refractivity contribution is -0.137. The monoisotopic (exact) mass is 522 g/mol. The van der Waals surface area contributed by atoms with Crippen molar-refractivity contribution in [2.24, 2.45) is 11.7 Å². The van der Waals surface area contributed by atoms with E-state index in [9.17, 15) is 18.0 Å². The summed E-state index contributed by atoms with van der Waals surface area (Å²) in [5.74, 6) is -0.597. The van der Waals surface area contributed by atoms with Gasteiger partial charge >= 0.3 is 6.18 Å². The Bertz CT molecular complexity index is 1480. The minimum atomic E-state index is -4.55. The number of carbonyl (C=O) groups is 1. The van der Waals surface area contributed by atoms with Gasteiger partial charge in [0.25, 0.3) is 0 Å². The molecule has 1 aliphatic heterocycles. The van der Waals surface area contributed by atoms with Crippen molar-refractivity contribution < 1.29 is 18.0 Å². The number of fused-ring (bicyclic) bond motifs is 3. The van der Waals surface area contributed by atoms with E-state index >= 15 is 0 Å². The van der Waals surface area contributed by atoms with Gasteiger partial charge in [-0.25, -0.2) is 0 Å². The van der Waals surface area contributed by atoms with E-state index in [1.807, 2.05) is 42.5 Å². The lowest BCUT2D eigenvalue weighted by Gasteiger charge is -2.28. The molecular formula is C28H25F3N4OS. The average molecular weight is 523 g/mol. The molecule has 1 aliphatic carbocycles. The number of nitrogens with one attached hydrogen (secondary N) is 3. The van der Waals surface area contributed by atoms with Gasteiger partial charge in [0.2, 0.25) is 5.91 Å². The normalized spacial score (nSPS) is 19.1. The van der Waals surface area contributed by atoms with Gasteiger partial charge < -0.3 is 21.4 Å². The van der Waals surface area contributed by atoms with Crippen LogP contribution in [0.3, 0.4) is 0 Å². The van der Waals surface area contributed by atoms with E-state index in [-0.39, 0.29) is 23.6 Å². The lowest BCUT2D eigenvalue weighted by atomic mass is 9.85. The van der Waals surface area contributed by atoms with Crippen molar-refractivity contribution >= 4 is 45.6 Å². The molecule has 0 spiro atoms. The van der Waals surface area contributed by atoms with Gasteiger partial charge in [-0.15, -0.1) is 0 Å². The Balaban J connectivity index is 1.34. The Hall–Kier alpha value is -3.43. The summed E-state index contributed by atoms with van der Waals surface area (Å²) in [5.41, 5.74) is 9.48. The molecule has 4 aromatic rings. The van der Waals surface area contributed by atoms with Crippen molar-refractivity contribution in [3.8, 4) is 11.3 Å². The van der Waals surface area contributed by atoms with Crippen LogP contribution in [0, 0.1) is 5.92 Å². The zero-order valence-electron chi connectivity index (χ0n) is 19.8. The van der Waals surface area contributed by atoms with Gasteiger partial charge in [0.15, 0.2) is 0 Å². The van der Waals surface area contributed by atoms with Gasteiger partial charge in [0.05, 0.1) is 22.6 Å². The molecule has 2 unspecified atom stereocenters. The van der Waals surface area contributed by atoms with Crippen LogP contribution in [0.2, 0.25) is 0 Å². The average Bonchev–Trinajstić information content (AvgIpc) is 3.31. The first-order chi connectivity index (χ1) is 17.7. The smallest absolute Gasteiger partial charge is 0.355 e. The second kappa shape index (κ2) is 9.15. The summed E-state index contributed by atoms with van der Waals surface area (Å²) in [6.07, 6.45) is -1.64. The molecule has 1 amide bonds. The number of amides is 1. The van der Waals surface area contributed by atoms with Crippen molar-refractivity contribution in [3.05, 3.63) is 66.2 Å². The Morgan fingerprint density at radius 2 is 1.86 bits per heavy atom. The van der Waals surface area contributed by atoms with Crippen LogP contribution in [0.5, 0.6) is 0 Å². The number of H-pyrrole nitrogens is 1. The largest absolute Gasteiger partial charge is 0.416 e. The second-order valence-electron chi connectivity index (χ2n) is 9.72. The molecule has 2 aliphatic rings. The number of benzene rings is 3. The summed E-state index contributed by atoms with van der Waals surface area (Å²) in [6, 6.07) is 17.9. The zero-order valence-corrected chi connectivity index (χ0v) is 20.6. The zero-order chi connectivity index (χ0) is 25.7. The van der Waals surface area contributed by atoms with E-state index in [0.717, 1.165) is 57.7 Å². The molecule has 1 saturated carbocycles. The number of nitrogens with two attached hydrogens (primary N) is 1. The quantitative estimate of drug-likeness (QED) is 0.198. The Morgan fingerprint density at radius 3 is 2.65 bits per heavy atom. The number of hydrogen-bond acceptors (Lipinski definition) is 4. The highest BCUT2D eigenvalue weighted by Gasteiger charge is 2.34. The highest BCUT2D eigenvalue weighted by molar-refractivity contribution is 7.99. The molecule has 5 nitrogen and oxygen atoms in total. The third-order valence-corrected chi connectivity index (χ3v) is 8.17. The molecule has 0 radical (unpaired) electrons. The van der Waals surface area contributed by atoms with Crippen LogP contribution in [-0.4, -0.2) is 16.9 Å². The minimum Gasteiger partial charge on any atom is -0.355 e. The Labute approximate surface area is 216 Å². The standard InChI is InChI=1S/C28H25F3N4OS/c29-28(30,31)18-13-23(35-27(36)17-5-3-6-19(32)10-17)26-25(14-18)37-24-12-16(8-9-21(24)34-26)22-11-15-4-1-2-7-20(15)33-22/h1-2,4,7-9,11-14,17,19,33-34H,3,5-6,10,32H2,(H,35,36). The maximum absolute atomic E-state index is 13.8. The van der Waals surface area contributed by atoms with Gasteiger partial charge in [-0.05, 0) is 61.2 Å². The third-order valence-electron chi connectivity index (χ3n) is 7.08. The van der Waals surface area contributed by atoms with Crippen LogP contribution in [0.15, 0.2) is 70.5 Å². The summed E-state index contributed by atoms with van der Waals surface area (Å²) in [4.78, 5) is 17.6. The number of para-hydroxylation sites is 1. The molecular weight excluding hydrogens is 497 g/mol. The SMILES string of the molecule is NC1CCCC(C(=O)Nc2cc(C(F)(F)F)cc3c2Nc2ccc(-c4cc5ccccc5[nH]4)cc2S3)C1. The van der Waals surface area contributed by atoms with Crippen molar-refractivity contribution in [1.29, 1.82) is 0 Å². The number of alkyl halides is 3. The van der Waals surface area contributed by atoms with Gasteiger partial charge in [-0.3, -0.25) is 4.79 Å². The van der Waals surface area contributed by atoms with Crippen molar-refractivity contribution in [3.63, 3.8) is 0 Å². The number of anilines is 3. The van der Waals surface area contributed by atoms with E-state index in [0.29, 0.717) is 23.4 Å². The van der Waals surface area contributed by atoms with E-state index < -0.39 is 11.7 Å². The highest BCUT2D eigenvalue weighted by atomic mass is 32.2. The maximum atomic E-state index is 13.8. The maximum Gasteiger partial charge on any atom is 0.416 e. The molecule has 1 aromatic heterocycles. The first kappa shape index (κ1) is 23.9. The second-order valence-corrected chi connectivity index (χ2v) is 10.8. The lowest BCUT2D eigenvalue weighted by Crippen LogP contribution is -2.34. The van der Waals surface area contributed by atoms with Crippen molar-refractivity contribution in [2.75, 3.05) is 10.6 Å². The van der Waals surface area contributed by atoms with Crippen LogP contribution in [0.1, 0.15) is 31.2 Å². The predicted octanol–water partition coefficient (Wildman–Crippen LogP) is 7.52. The molecule has 37 heavy (non-hydrogen) atoms. The molecule has 5 N–H and O–H groups in total. The molecule has 2 heterocycles. The van der Waals surface area contributed by atoms with Crippen molar-refractivity contribution in [2.45, 2.75) is 47.7 Å².